The summed E-state index contributed by atoms with van der Waals surface area (Å²) in [5, 5.41) is 0. The summed E-state index contributed by atoms with van der Waals surface area (Å²) in [5.41, 5.74) is 0.709. The van der Waals surface area contributed by atoms with Crippen molar-refractivity contribution in [3.05, 3.63) is 60.7 Å². The van der Waals surface area contributed by atoms with Crippen LogP contribution in [0.3, 0.4) is 0 Å². The molecule has 0 fully saturated rings. The highest BCUT2D eigenvalue weighted by molar-refractivity contribution is 6.22. The molecule has 1 aliphatic heterocycles. The Balaban J connectivity index is 2.39. The van der Waals surface area contributed by atoms with Gasteiger partial charge in [0.2, 0.25) is 5.91 Å². The summed E-state index contributed by atoms with van der Waals surface area (Å²) in [6.45, 7) is 11.9. The Hall–Kier alpha value is -2.69. The van der Waals surface area contributed by atoms with Crippen molar-refractivity contribution in [2.45, 2.75) is 26.3 Å². The molecule has 0 saturated heterocycles. The van der Waals surface area contributed by atoms with E-state index in [0.717, 1.165) is 4.90 Å². The lowest BCUT2D eigenvalue weighted by atomic mass is 10.0. The lowest BCUT2D eigenvalue weighted by Crippen LogP contribution is -2.51. The summed E-state index contributed by atoms with van der Waals surface area (Å²) in [7, 11) is 0. The molecular weight excluding hydrogens is 316 g/mol. The number of nitrogens with zero attached hydrogens (tertiary/aromatic N) is 2. The summed E-state index contributed by atoms with van der Waals surface area (Å²) in [6, 6.07) is 5.85. The van der Waals surface area contributed by atoms with Crippen LogP contribution in [0, 0.1) is 5.92 Å². The van der Waals surface area contributed by atoms with E-state index in [1.54, 1.807) is 41.3 Å². The maximum Gasteiger partial charge on any atom is 0.262 e. The number of carbonyl (C=O) groups excluding carboxylic acids is 3. The smallest absolute Gasteiger partial charge is 0.262 e. The number of rotatable bonds is 8. The maximum atomic E-state index is 13.1. The van der Waals surface area contributed by atoms with Crippen molar-refractivity contribution in [2.75, 3.05) is 13.1 Å². The first-order chi connectivity index (χ1) is 11.9. The topological polar surface area (TPSA) is 57.7 Å². The van der Waals surface area contributed by atoms with E-state index < -0.39 is 17.9 Å². The lowest BCUT2D eigenvalue weighted by Gasteiger charge is -2.31. The third kappa shape index (κ3) is 3.71. The second kappa shape index (κ2) is 7.92. The van der Waals surface area contributed by atoms with E-state index in [9.17, 15) is 14.4 Å². The van der Waals surface area contributed by atoms with Crippen molar-refractivity contribution in [2.24, 2.45) is 5.92 Å². The number of hydrogen-bond donors (Lipinski definition) is 0. The predicted molar refractivity (Wildman–Crippen MR) is 97.2 cm³/mol. The van der Waals surface area contributed by atoms with Crippen LogP contribution in [-0.4, -0.2) is 46.7 Å². The van der Waals surface area contributed by atoms with Crippen molar-refractivity contribution in [3.63, 3.8) is 0 Å². The van der Waals surface area contributed by atoms with Gasteiger partial charge in [-0.2, -0.15) is 0 Å². The van der Waals surface area contributed by atoms with Crippen LogP contribution in [-0.2, 0) is 4.79 Å². The van der Waals surface area contributed by atoms with Crippen molar-refractivity contribution in [3.8, 4) is 0 Å². The summed E-state index contributed by atoms with van der Waals surface area (Å²) in [6.07, 6.45) is 3.65. The molecule has 1 aromatic rings. The number of benzene rings is 1. The second-order valence-corrected chi connectivity index (χ2v) is 6.49. The largest absolute Gasteiger partial charge is 0.333 e. The van der Waals surface area contributed by atoms with Gasteiger partial charge in [0.05, 0.1) is 11.1 Å². The summed E-state index contributed by atoms with van der Waals surface area (Å²) in [4.78, 5) is 41.3. The van der Waals surface area contributed by atoms with E-state index in [4.69, 9.17) is 0 Å². The average Bonchev–Trinajstić information content (AvgIpc) is 2.83. The molecule has 5 heteroatoms. The molecule has 1 unspecified atom stereocenters. The molecule has 0 N–H and O–H groups in total. The van der Waals surface area contributed by atoms with Crippen LogP contribution in [0.2, 0.25) is 0 Å². The van der Waals surface area contributed by atoms with Gasteiger partial charge in [-0.3, -0.25) is 19.3 Å². The van der Waals surface area contributed by atoms with Crippen molar-refractivity contribution in [1.29, 1.82) is 0 Å². The number of imide groups is 1. The third-order valence-electron chi connectivity index (χ3n) is 4.13. The molecule has 0 radical (unpaired) electrons. The minimum Gasteiger partial charge on any atom is -0.333 e. The van der Waals surface area contributed by atoms with Crippen LogP contribution in [0.5, 0.6) is 0 Å². The highest BCUT2D eigenvalue weighted by Crippen LogP contribution is 2.27. The van der Waals surface area contributed by atoms with Crippen LogP contribution in [0.25, 0.3) is 0 Å². The van der Waals surface area contributed by atoms with Crippen LogP contribution in [0.4, 0.5) is 0 Å². The zero-order valence-electron chi connectivity index (χ0n) is 14.8. The fourth-order valence-electron chi connectivity index (χ4n) is 3.03. The van der Waals surface area contributed by atoms with Crippen molar-refractivity contribution in [1.82, 2.24) is 9.80 Å². The number of carbonyl (C=O) groups is 3. The summed E-state index contributed by atoms with van der Waals surface area (Å²) < 4.78 is 0. The quantitative estimate of drug-likeness (QED) is 0.540. The Bertz CT molecular complexity index is 664. The first-order valence-corrected chi connectivity index (χ1v) is 8.39. The SMILES string of the molecule is C=CCN(CC=C)C(=O)C(CC(C)C)N1C(=O)c2ccccc2C1=O. The van der Waals surface area contributed by atoms with E-state index in [2.05, 4.69) is 13.2 Å². The molecule has 1 heterocycles. The molecular formula is C20H24N2O3. The number of hydrogen-bond acceptors (Lipinski definition) is 3. The fourth-order valence-corrected chi connectivity index (χ4v) is 3.03. The average molecular weight is 340 g/mol. The molecule has 1 aromatic carbocycles. The van der Waals surface area contributed by atoms with Crippen LogP contribution >= 0.6 is 0 Å². The zero-order chi connectivity index (χ0) is 18.6. The highest BCUT2D eigenvalue weighted by Gasteiger charge is 2.43. The van der Waals surface area contributed by atoms with Crippen molar-refractivity contribution >= 4 is 17.7 Å². The van der Waals surface area contributed by atoms with Crippen LogP contribution in [0.1, 0.15) is 41.0 Å². The van der Waals surface area contributed by atoms with Gasteiger partial charge in [0, 0.05) is 13.1 Å². The molecule has 132 valence electrons. The minimum atomic E-state index is -0.827. The summed E-state index contributed by atoms with van der Waals surface area (Å²) >= 11 is 0. The molecule has 3 amide bonds. The molecule has 0 aliphatic carbocycles. The van der Waals surface area contributed by atoms with Gasteiger partial charge in [0.25, 0.3) is 11.8 Å². The van der Waals surface area contributed by atoms with Crippen molar-refractivity contribution < 1.29 is 14.4 Å². The Morgan fingerprint density at radius 1 is 1.08 bits per heavy atom. The minimum absolute atomic E-state index is 0.146. The van der Waals surface area contributed by atoms with Gasteiger partial charge >= 0.3 is 0 Å². The Morgan fingerprint density at radius 3 is 1.96 bits per heavy atom. The second-order valence-electron chi connectivity index (χ2n) is 6.49. The predicted octanol–water partition coefficient (Wildman–Crippen LogP) is 2.90. The first-order valence-electron chi connectivity index (χ1n) is 8.39. The van der Waals surface area contributed by atoms with Gasteiger partial charge in [-0.05, 0) is 24.5 Å². The standard InChI is InChI=1S/C20H24N2O3/c1-5-11-21(12-6-2)20(25)17(13-14(3)4)22-18(23)15-9-7-8-10-16(15)19(22)24/h5-10,14,17H,1-2,11-13H2,3-4H3. The fraction of sp³-hybridized carbons (Fsp3) is 0.350. The van der Waals surface area contributed by atoms with Gasteiger partial charge in [-0.15, -0.1) is 13.2 Å². The van der Waals surface area contributed by atoms with Gasteiger partial charge in [-0.1, -0.05) is 38.1 Å². The molecule has 1 aliphatic rings. The molecule has 1 atom stereocenters. The van der Waals surface area contributed by atoms with Gasteiger partial charge in [0.1, 0.15) is 6.04 Å². The van der Waals surface area contributed by atoms with Gasteiger partial charge in [0.15, 0.2) is 0 Å². The normalized spacial score (nSPS) is 14.4. The molecule has 25 heavy (non-hydrogen) atoms. The van der Waals surface area contributed by atoms with Crippen LogP contribution < -0.4 is 0 Å². The molecule has 0 saturated carbocycles. The van der Waals surface area contributed by atoms with E-state index in [1.807, 2.05) is 13.8 Å². The van der Waals surface area contributed by atoms with E-state index >= 15 is 0 Å². The third-order valence-corrected chi connectivity index (χ3v) is 4.13. The van der Waals surface area contributed by atoms with E-state index in [0.29, 0.717) is 30.6 Å². The van der Waals surface area contributed by atoms with Crippen LogP contribution in [0.15, 0.2) is 49.6 Å². The molecule has 0 aromatic heterocycles. The zero-order valence-corrected chi connectivity index (χ0v) is 14.8. The lowest BCUT2D eigenvalue weighted by molar-refractivity contribution is -0.135. The maximum absolute atomic E-state index is 13.1. The summed E-state index contributed by atoms with van der Waals surface area (Å²) in [5.74, 6) is -0.927. The Labute approximate surface area is 148 Å². The van der Waals surface area contributed by atoms with Gasteiger partial charge in [-0.25, -0.2) is 0 Å². The number of amides is 3. The molecule has 0 spiro atoms. The Kier molecular flexibility index (Phi) is 5.91. The monoisotopic (exact) mass is 340 g/mol. The Morgan fingerprint density at radius 2 is 1.56 bits per heavy atom. The molecule has 5 nitrogen and oxygen atoms in total. The molecule has 2 rings (SSSR count). The van der Waals surface area contributed by atoms with Gasteiger partial charge < -0.3 is 4.90 Å². The highest BCUT2D eigenvalue weighted by atomic mass is 16.2. The molecule has 0 bridgehead atoms. The van der Waals surface area contributed by atoms with E-state index in [1.165, 1.54) is 0 Å². The van der Waals surface area contributed by atoms with E-state index in [-0.39, 0.29) is 11.8 Å². The number of fused-ring (bicyclic) bond motifs is 1. The first kappa shape index (κ1) is 18.6.